The van der Waals surface area contributed by atoms with Gasteiger partial charge >= 0.3 is 0 Å². The third-order valence-electron chi connectivity index (χ3n) is 4.06. The van der Waals surface area contributed by atoms with E-state index < -0.39 is 0 Å². The fraction of sp³-hybridized carbons (Fsp3) is 0.0526. The second kappa shape index (κ2) is 6.16. The quantitative estimate of drug-likeness (QED) is 0.476. The van der Waals surface area contributed by atoms with Gasteiger partial charge in [0.25, 0.3) is 0 Å². The molecule has 0 saturated heterocycles. The van der Waals surface area contributed by atoms with E-state index in [9.17, 15) is 0 Å². The first-order valence-electron chi connectivity index (χ1n) is 7.95. The first-order chi connectivity index (χ1) is 12.8. The molecule has 0 atom stereocenters. The molecule has 0 spiro atoms. The van der Waals surface area contributed by atoms with E-state index in [1.807, 2.05) is 36.4 Å². The summed E-state index contributed by atoms with van der Waals surface area (Å²) in [6, 6.07) is 17.9. The number of aromatic nitrogens is 2. The number of nitrogens with one attached hydrogen (secondary N) is 1. The van der Waals surface area contributed by atoms with Gasteiger partial charge in [-0.15, -0.1) is 11.3 Å². The zero-order valence-electron chi connectivity index (χ0n) is 13.4. The summed E-state index contributed by atoms with van der Waals surface area (Å²) < 4.78 is 10.8. The van der Waals surface area contributed by atoms with Crippen LogP contribution in [0.25, 0.3) is 20.7 Å². The number of halogens is 1. The van der Waals surface area contributed by atoms with Crippen molar-refractivity contribution in [2.75, 3.05) is 12.1 Å². The van der Waals surface area contributed by atoms with Crippen molar-refractivity contribution in [2.24, 2.45) is 0 Å². The molecule has 2 aromatic heterocycles. The fourth-order valence-electron chi connectivity index (χ4n) is 2.85. The van der Waals surface area contributed by atoms with Gasteiger partial charge in [0.05, 0.1) is 5.39 Å². The summed E-state index contributed by atoms with van der Waals surface area (Å²) in [5.41, 5.74) is 1.98. The molecule has 7 heteroatoms. The Hall–Kier alpha value is -2.83. The Morgan fingerprint density at radius 3 is 2.69 bits per heavy atom. The smallest absolute Gasteiger partial charge is 0.231 e. The lowest BCUT2D eigenvalue weighted by Crippen LogP contribution is -1.96. The maximum atomic E-state index is 6.14. The monoisotopic (exact) mass is 381 g/mol. The summed E-state index contributed by atoms with van der Waals surface area (Å²) in [6.07, 6.45) is 0. The molecule has 3 heterocycles. The van der Waals surface area contributed by atoms with Crippen molar-refractivity contribution in [3.63, 3.8) is 0 Å². The first-order valence-corrected chi connectivity index (χ1v) is 9.15. The van der Waals surface area contributed by atoms with Crippen LogP contribution in [-0.4, -0.2) is 16.8 Å². The van der Waals surface area contributed by atoms with Crippen LogP contribution in [0.1, 0.15) is 0 Å². The summed E-state index contributed by atoms with van der Waals surface area (Å²) in [5, 5.41) is 4.45. The summed E-state index contributed by atoms with van der Waals surface area (Å²) in [7, 11) is 0. The molecular formula is C19H12ClN3O2S. The van der Waals surface area contributed by atoms with Crippen LogP contribution >= 0.6 is 22.9 Å². The number of anilines is 2. The minimum atomic E-state index is 0.210. The van der Waals surface area contributed by atoms with Crippen LogP contribution in [0.3, 0.4) is 0 Å². The van der Waals surface area contributed by atoms with Crippen LogP contribution < -0.4 is 14.8 Å². The zero-order chi connectivity index (χ0) is 17.5. The van der Waals surface area contributed by atoms with Crippen molar-refractivity contribution in [1.82, 2.24) is 9.97 Å². The molecule has 0 amide bonds. The summed E-state index contributed by atoms with van der Waals surface area (Å²) in [4.78, 5) is 10.7. The Kier molecular flexibility index (Phi) is 3.65. The van der Waals surface area contributed by atoms with Crippen molar-refractivity contribution in [3.8, 4) is 21.9 Å². The first kappa shape index (κ1) is 15.4. The molecule has 0 bridgehead atoms. The average Bonchev–Trinajstić information content (AvgIpc) is 3.28. The van der Waals surface area contributed by atoms with Crippen LogP contribution in [-0.2, 0) is 0 Å². The lowest BCUT2D eigenvalue weighted by molar-refractivity contribution is 0.174. The van der Waals surface area contributed by atoms with Crippen LogP contribution in [0.5, 0.6) is 11.5 Å². The molecule has 0 aliphatic carbocycles. The van der Waals surface area contributed by atoms with Crippen LogP contribution in [0, 0.1) is 0 Å². The molecule has 1 aliphatic heterocycles. The molecule has 2 aromatic carbocycles. The predicted molar refractivity (Wildman–Crippen MR) is 104 cm³/mol. The van der Waals surface area contributed by atoms with E-state index in [0.717, 1.165) is 32.1 Å². The van der Waals surface area contributed by atoms with E-state index in [2.05, 4.69) is 33.5 Å². The van der Waals surface area contributed by atoms with Gasteiger partial charge in [-0.2, -0.15) is 4.98 Å². The molecule has 4 aromatic rings. The minimum absolute atomic E-state index is 0.210. The molecule has 0 saturated carbocycles. The molecule has 5 nitrogen and oxygen atoms in total. The fourth-order valence-corrected chi connectivity index (χ4v) is 4.10. The highest BCUT2D eigenvalue weighted by atomic mass is 35.5. The van der Waals surface area contributed by atoms with E-state index in [1.54, 1.807) is 11.3 Å². The molecule has 0 radical (unpaired) electrons. The van der Waals surface area contributed by atoms with Gasteiger partial charge in [0, 0.05) is 16.6 Å². The standard InChI is InChI=1S/C19H12ClN3O2S/c20-19-22-17(21-12-6-7-14-15(8-12)25-10-24-14)13-9-16(26-18(13)23-19)11-4-2-1-3-5-11/h1-9H,10H2,(H,21,22,23). The third kappa shape index (κ3) is 2.73. The molecule has 5 rings (SSSR count). The summed E-state index contributed by atoms with van der Waals surface area (Å²) >= 11 is 7.73. The second-order valence-corrected chi connectivity index (χ2v) is 7.10. The molecule has 0 unspecified atom stereocenters. The molecule has 128 valence electrons. The molecule has 1 aliphatic rings. The summed E-state index contributed by atoms with van der Waals surface area (Å²) in [5.74, 6) is 2.11. The lowest BCUT2D eigenvalue weighted by atomic mass is 10.2. The third-order valence-corrected chi connectivity index (χ3v) is 5.31. The largest absolute Gasteiger partial charge is 0.454 e. The van der Waals surface area contributed by atoms with Crippen molar-refractivity contribution < 1.29 is 9.47 Å². The van der Waals surface area contributed by atoms with Gasteiger partial charge in [-0.05, 0) is 35.4 Å². The topological polar surface area (TPSA) is 56.3 Å². The lowest BCUT2D eigenvalue weighted by Gasteiger charge is -2.07. The number of benzene rings is 2. The zero-order valence-corrected chi connectivity index (χ0v) is 15.0. The Morgan fingerprint density at radius 2 is 1.81 bits per heavy atom. The van der Waals surface area contributed by atoms with Crippen molar-refractivity contribution >= 4 is 44.7 Å². The summed E-state index contributed by atoms with van der Waals surface area (Å²) in [6.45, 7) is 0.243. The van der Waals surface area contributed by atoms with Crippen LogP contribution in [0.4, 0.5) is 11.5 Å². The number of hydrogen-bond acceptors (Lipinski definition) is 6. The van der Waals surface area contributed by atoms with Gasteiger partial charge in [-0.1, -0.05) is 30.3 Å². The number of fused-ring (bicyclic) bond motifs is 2. The normalized spacial score (nSPS) is 12.5. The van der Waals surface area contributed by atoms with E-state index >= 15 is 0 Å². The van der Waals surface area contributed by atoms with E-state index in [4.69, 9.17) is 21.1 Å². The number of hydrogen-bond donors (Lipinski definition) is 1. The Bertz CT molecular complexity index is 1110. The number of rotatable bonds is 3. The minimum Gasteiger partial charge on any atom is -0.454 e. The van der Waals surface area contributed by atoms with Gasteiger partial charge in [0.15, 0.2) is 11.5 Å². The van der Waals surface area contributed by atoms with Gasteiger partial charge in [0.1, 0.15) is 10.6 Å². The number of thiophene rings is 1. The maximum absolute atomic E-state index is 6.14. The maximum Gasteiger partial charge on any atom is 0.231 e. The van der Waals surface area contributed by atoms with Crippen molar-refractivity contribution in [3.05, 3.63) is 59.9 Å². The highest BCUT2D eigenvalue weighted by molar-refractivity contribution is 7.22. The average molecular weight is 382 g/mol. The van der Waals surface area contributed by atoms with E-state index in [-0.39, 0.29) is 12.1 Å². The molecule has 26 heavy (non-hydrogen) atoms. The number of nitrogens with zero attached hydrogens (tertiary/aromatic N) is 2. The SMILES string of the molecule is Clc1nc(Nc2ccc3c(c2)OCO3)c2cc(-c3ccccc3)sc2n1. The van der Waals surface area contributed by atoms with Gasteiger partial charge in [0.2, 0.25) is 12.1 Å². The predicted octanol–water partition coefficient (Wildman–Crippen LogP) is 5.48. The van der Waals surface area contributed by atoms with Gasteiger partial charge in [-0.3, -0.25) is 0 Å². The van der Waals surface area contributed by atoms with E-state index in [0.29, 0.717) is 11.6 Å². The van der Waals surface area contributed by atoms with Crippen molar-refractivity contribution in [2.45, 2.75) is 0 Å². The molecule has 0 fully saturated rings. The molecule has 1 N–H and O–H groups in total. The Labute approximate surface area is 158 Å². The second-order valence-electron chi connectivity index (χ2n) is 5.73. The van der Waals surface area contributed by atoms with Gasteiger partial charge < -0.3 is 14.8 Å². The van der Waals surface area contributed by atoms with Gasteiger partial charge in [-0.25, -0.2) is 4.98 Å². The highest BCUT2D eigenvalue weighted by Crippen LogP contribution is 2.38. The number of ether oxygens (including phenoxy) is 2. The van der Waals surface area contributed by atoms with Crippen molar-refractivity contribution in [1.29, 1.82) is 0 Å². The van der Waals surface area contributed by atoms with Crippen LogP contribution in [0.15, 0.2) is 54.6 Å². The highest BCUT2D eigenvalue weighted by Gasteiger charge is 2.16. The van der Waals surface area contributed by atoms with E-state index in [1.165, 1.54) is 0 Å². The van der Waals surface area contributed by atoms with Crippen LogP contribution in [0.2, 0.25) is 5.28 Å². The Balaban J connectivity index is 1.57. The molecular weight excluding hydrogens is 370 g/mol. The Morgan fingerprint density at radius 1 is 0.962 bits per heavy atom.